The van der Waals surface area contributed by atoms with Gasteiger partial charge in [0.15, 0.2) is 11.5 Å². The minimum atomic E-state index is -4.78. The zero-order valence-electron chi connectivity index (χ0n) is 16.9. The van der Waals surface area contributed by atoms with Crippen LogP contribution in [-0.4, -0.2) is 58.3 Å². The number of ether oxygens (including phenoxy) is 2. The second-order valence-corrected chi connectivity index (χ2v) is 6.74. The lowest BCUT2D eigenvalue weighted by Gasteiger charge is -2.28. The Bertz CT molecular complexity index is 1090. The van der Waals surface area contributed by atoms with Crippen LogP contribution in [0.4, 0.5) is 36.4 Å². The van der Waals surface area contributed by atoms with Crippen LogP contribution in [0.2, 0.25) is 0 Å². The van der Waals surface area contributed by atoms with E-state index in [1.807, 2.05) is 4.90 Å². The van der Waals surface area contributed by atoms with Gasteiger partial charge in [0.1, 0.15) is 11.6 Å². The van der Waals surface area contributed by atoms with Crippen molar-refractivity contribution in [3.05, 3.63) is 36.3 Å². The quantitative estimate of drug-likeness (QED) is 0.602. The van der Waals surface area contributed by atoms with Gasteiger partial charge in [-0.15, -0.1) is 0 Å². The lowest BCUT2D eigenvalue weighted by Crippen LogP contribution is -2.37. The number of pyridine rings is 1. The van der Waals surface area contributed by atoms with Gasteiger partial charge in [0.05, 0.1) is 37.8 Å². The molecule has 13 heteroatoms. The molecule has 3 aromatic heterocycles. The summed E-state index contributed by atoms with van der Waals surface area (Å²) in [5, 5.41) is 2.69. The average molecular weight is 448 g/mol. The monoisotopic (exact) mass is 448 g/mol. The number of hydrogen-bond acceptors (Lipinski definition) is 10. The third-order valence-corrected chi connectivity index (χ3v) is 4.57. The van der Waals surface area contributed by atoms with Crippen LogP contribution in [0, 0.1) is 0 Å². The Balaban J connectivity index is 1.70. The molecule has 32 heavy (non-hydrogen) atoms. The first-order chi connectivity index (χ1) is 15.3. The lowest BCUT2D eigenvalue weighted by atomic mass is 10.2. The second kappa shape index (κ2) is 8.78. The number of nitrogens with two attached hydrogens (primary N) is 1. The molecule has 168 valence electrons. The van der Waals surface area contributed by atoms with Crippen molar-refractivity contribution in [1.82, 2.24) is 24.9 Å². The van der Waals surface area contributed by atoms with E-state index in [1.54, 1.807) is 12.1 Å². The molecule has 0 radical (unpaired) electrons. The van der Waals surface area contributed by atoms with Crippen molar-refractivity contribution in [1.29, 1.82) is 0 Å². The molecule has 3 aromatic rings. The first-order valence-electron chi connectivity index (χ1n) is 9.52. The van der Waals surface area contributed by atoms with E-state index in [4.69, 9.17) is 15.2 Å². The maximum atomic E-state index is 13.8. The van der Waals surface area contributed by atoms with Crippen LogP contribution in [-0.2, 0) is 10.9 Å². The van der Waals surface area contributed by atoms with Crippen LogP contribution in [0.25, 0.3) is 11.4 Å². The molecule has 0 spiro atoms. The molecule has 1 fully saturated rings. The Morgan fingerprint density at radius 1 is 1.09 bits per heavy atom. The average Bonchev–Trinajstić information content (AvgIpc) is 2.79. The van der Waals surface area contributed by atoms with Crippen molar-refractivity contribution in [2.75, 3.05) is 49.4 Å². The Labute approximate surface area is 180 Å². The Morgan fingerprint density at radius 2 is 1.88 bits per heavy atom. The van der Waals surface area contributed by atoms with Crippen molar-refractivity contribution >= 4 is 23.3 Å². The summed E-state index contributed by atoms with van der Waals surface area (Å²) < 4.78 is 51.8. The number of aromatic nitrogens is 5. The van der Waals surface area contributed by atoms with Crippen molar-refractivity contribution in [2.45, 2.75) is 6.18 Å². The summed E-state index contributed by atoms with van der Waals surface area (Å²) in [4.78, 5) is 21.8. The highest BCUT2D eigenvalue weighted by molar-refractivity contribution is 5.64. The van der Waals surface area contributed by atoms with Crippen LogP contribution < -0.4 is 20.7 Å². The second-order valence-electron chi connectivity index (χ2n) is 6.74. The molecular weight excluding hydrogens is 429 g/mol. The highest BCUT2D eigenvalue weighted by atomic mass is 19.4. The number of rotatable bonds is 5. The first kappa shape index (κ1) is 21.5. The summed E-state index contributed by atoms with van der Waals surface area (Å²) in [6.07, 6.45) is -2.37. The number of nitrogen functional groups attached to an aromatic ring is 1. The van der Waals surface area contributed by atoms with Crippen molar-refractivity contribution in [3.63, 3.8) is 0 Å². The standard InChI is InChI=1S/C19H19F3N8O2/c1-31-15-3-2-11(9-24-15)26-18-25-10-12(16(29-18)19(20,21)22)17-27-13(23)8-14(28-17)30-4-6-32-7-5-30/h2-3,8-10H,4-7H2,1H3,(H2,23,27,28)(H,25,26,29). The summed E-state index contributed by atoms with van der Waals surface area (Å²) in [5.41, 5.74) is 4.69. The third kappa shape index (κ3) is 4.77. The van der Waals surface area contributed by atoms with Gasteiger partial charge in [-0.3, -0.25) is 0 Å². The van der Waals surface area contributed by atoms with E-state index in [-0.39, 0.29) is 23.2 Å². The SMILES string of the molecule is COc1ccc(Nc2ncc(-c3nc(N)cc(N4CCOCC4)n3)c(C(F)(F)F)n2)cn1. The van der Waals surface area contributed by atoms with Crippen LogP contribution >= 0.6 is 0 Å². The number of anilines is 4. The van der Waals surface area contributed by atoms with Crippen molar-refractivity contribution < 1.29 is 22.6 Å². The smallest absolute Gasteiger partial charge is 0.434 e. The van der Waals surface area contributed by atoms with E-state index in [9.17, 15) is 13.2 Å². The number of morpholine rings is 1. The first-order valence-corrected chi connectivity index (χ1v) is 9.52. The molecule has 0 aliphatic carbocycles. The van der Waals surface area contributed by atoms with Crippen molar-refractivity contribution in [3.8, 4) is 17.3 Å². The third-order valence-electron chi connectivity index (χ3n) is 4.57. The molecule has 3 N–H and O–H groups in total. The van der Waals surface area contributed by atoms with Gasteiger partial charge in [-0.05, 0) is 6.07 Å². The maximum absolute atomic E-state index is 13.8. The van der Waals surface area contributed by atoms with Gasteiger partial charge >= 0.3 is 6.18 Å². The summed E-state index contributed by atoms with van der Waals surface area (Å²) in [6.45, 7) is 2.04. The number of alkyl halides is 3. The molecule has 10 nitrogen and oxygen atoms in total. The number of nitrogens with one attached hydrogen (secondary N) is 1. The van der Waals surface area contributed by atoms with E-state index in [0.717, 1.165) is 6.20 Å². The highest BCUT2D eigenvalue weighted by Gasteiger charge is 2.37. The zero-order valence-corrected chi connectivity index (χ0v) is 16.9. The molecule has 0 atom stereocenters. The fourth-order valence-corrected chi connectivity index (χ4v) is 3.05. The molecule has 0 bridgehead atoms. The van der Waals surface area contributed by atoms with E-state index >= 15 is 0 Å². The Morgan fingerprint density at radius 3 is 2.53 bits per heavy atom. The molecule has 4 rings (SSSR count). The van der Waals surface area contributed by atoms with E-state index in [0.29, 0.717) is 43.7 Å². The minimum Gasteiger partial charge on any atom is -0.481 e. The maximum Gasteiger partial charge on any atom is 0.434 e. The molecule has 1 aliphatic heterocycles. The largest absolute Gasteiger partial charge is 0.481 e. The fourth-order valence-electron chi connectivity index (χ4n) is 3.05. The molecule has 0 saturated carbocycles. The van der Waals surface area contributed by atoms with Gasteiger partial charge in [-0.25, -0.2) is 24.9 Å². The summed E-state index contributed by atoms with van der Waals surface area (Å²) >= 11 is 0. The minimum absolute atomic E-state index is 0.0381. The zero-order chi connectivity index (χ0) is 22.7. The topological polar surface area (TPSA) is 124 Å². The summed E-state index contributed by atoms with van der Waals surface area (Å²) in [7, 11) is 1.45. The number of methoxy groups -OCH3 is 1. The van der Waals surface area contributed by atoms with Gasteiger partial charge < -0.3 is 25.4 Å². The number of halogens is 3. The Kier molecular flexibility index (Phi) is 5.90. The van der Waals surface area contributed by atoms with Crippen molar-refractivity contribution in [2.24, 2.45) is 0 Å². The van der Waals surface area contributed by atoms with E-state index in [2.05, 4.69) is 30.2 Å². The van der Waals surface area contributed by atoms with Crippen LogP contribution in [0.3, 0.4) is 0 Å². The number of nitrogens with zero attached hydrogens (tertiary/aromatic N) is 6. The molecular formula is C19H19F3N8O2. The molecule has 0 amide bonds. The predicted octanol–water partition coefficient (Wildman–Crippen LogP) is 2.52. The highest BCUT2D eigenvalue weighted by Crippen LogP contribution is 2.36. The van der Waals surface area contributed by atoms with Gasteiger partial charge in [0.25, 0.3) is 0 Å². The van der Waals surface area contributed by atoms with E-state index < -0.39 is 11.9 Å². The normalized spacial score (nSPS) is 14.3. The molecule has 0 aromatic carbocycles. The summed E-state index contributed by atoms with van der Waals surface area (Å²) in [6, 6.07) is 4.64. The van der Waals surface area contributed by atoms with E-state index in [1.165, 1.54) is 19.4 Å². The van der Waals surface area contributed by atoms with Crippen LogP contribution in [0.1, 0.15) is 5.69 Å². The van der Waals surface area contributed by atoms with Gasteiger partial charge in [-0.2, -0.15) is 13.2 Å². The number of hydrogen-bond donors (Lipinski definition) is 2. The summed E-state index contributed by atoms with van der Waals surface area (Å²) in [5.74, 6) is 0.339. The Hall–Kier alpha value is -3.74. The fraction of sp³-hybridized carbons (Fsp3) is 0.316. The molecule has 0 unspecified atom stereocenters. The van der Waals surface area contributed by atoms with Crippen LogP contribution in [0.15, 0.2) is 30.6 Å². The van der Waals surface area contributed by atoms with Gasteiger partial charge in [0.2, 0.25) is 11.8 Å². The lowest BCUT2D eigenvalue weighted by molar-refractivity contribution is -0.140. The molecule has 1 aliphatic rings. The molecule has 4 heterocycles. The predicted molar refractivity (Wildman–Crippen MR) is 110 cm³/mol. The van der Waals surface area contributed by atoms with Crippen LogP contribution in [0.5, 0.6) is 5.88 Å². The van der Waals surface area contributed by atoms with Gasteiger partial charge in [0, 0.05) is 31.4 Å². The van der Waals surface area contributed by atoms with Gasteiger partial charge in [-0.1, -0.05) is 0 Å². The molecule has 1 saturated heterocycles.